The van der Waals surface area contributed by atoms with Crippen molar-refractivity contribution >= 4 is 17.7 Å². The molecular formula is C11H18N4O2S. The molecule has 2 rings (SSSR count). The Balaban J connectivity index is 2.14. The molecule has 18 heavy (non-hydrogen) atoms. The van der Waals surface area contributed by atoms with E-state index in [4.69, 9.17) is 5.11 Å². The van der Waals surface area contributed by atoms with Crippen LogP contribution in [0.2, 0.25) is 0 Å². The van der Waals surface area contributed by atoms with E-state index < -0.39 is 11.4 Å². The van der Waals surface area contributed by atoms with Gasteiger partial charge < -0.3 is 5.11 Å². The number of tetrazole rings is 1. The lowest BCUT2D eigenvalue weighted by Gasteiger charge is -2.23. The van der Waals surface area contributed by atoms with E-state index in [9.17, 15) is 4.79 Å². The number of hydrogen-bond acceptors (Lipinski definition) is 5. The van der Waals surface area contributed by atoms with Gasteiger partial charge in [-0.15, -0.1) is 5.10 Å². The average Bonchev–Trinajstić information content (AvgIpc) is 2.77. The minimum atomic E-state index is -0.858. The Morgan fingerprint density at radius 1 is 1.56 bits per heavy atom. The van der Waals surface area contributed by atoms with E-state index in [-0.39, 0.29) is 0 Å². The van der Waals surface area contributed by atoms with Crippen molar-refractivity contribution in [1.29, 1.82) is 0 Å². The summed E-state index contributed by atoms with van der Waals surface area (Å²) in [4.78, 5) is 11.1. The maximum absolute atomic E-state index is 11.1. The number of carboxylic acids is 1. The maximum Gasteiger partial charge on any atom is 0.310 e. The predicted octanol–water partition coefficient (Wildman–Crippen LogP) is 1.74. The zero-order chi connectivity index (χ0) is 13.2. The summed E-state index contributed by atoms with van der Waals surface area (Å²) >= 11 is 1.86. The van der Waals surface area contributed by atoms with Crippen LogP contribution in [0.3, 0.4) is 0 Å². The average molecular weight is 270 g/mol. The lowest BCUT2D eigenvalue weighted by Crippen LogP contribution is -2.30. The molecule has 0 saturated carbocycles. The Morgan fingerprint density at radius 3 is 2.94 bits per heavy atom. The zero-order valence-corrected chi connectivity index (χ0v) is 11.5. The molecule has 0 radical (unpaired) electrons. The van der Waals surface area contributed by atoms with Crippen molar-refractivity contribution < 1.29 is 9.90 Å². The lowest BCUT2D eigenvalue weighted by atomic mass is 9.94. The smallest absolute Gasteiger partial charge is 0.310 e. The second-order valence-corrected chi connectivity index (χ2v) is 6.55. The Labute approximate surface area is 110 Å². The predicted molar refractivity (Wildman–Crippen MR) is 68.3 cm³/mol. The Kier molecular flexibility index (Phi) is 3.89. The standard InChI is InChI=1S/C11H18N4O2S/c1-11(2,10(16)17)7-15-9(12-13-14-15)8-5-3-4-6-18-8/h8H,3-7H2,1-2H3,(H,16,17). The molecule has 6 nitrogen and oxygen atoms in total. The minimum Gasteiger partial charge on any atom is -0.481 e. The van der Waals surface area contributed by atoms with Gasteiger partial charge in [-0.3, -0.25) is 4.79 Å². The molecule has 1 saturated heterocycles. The first-order valence-electron chi connectivity index (χ1n) is 6.12. The third kappa shape index (κ3) is 2.82. The number of thioether (sulfide) groups is 1. The van der Waals surface area contributed by atoms with Crippen molar-refractivity contribution in [3.63, 3.8) is 0 Å². The summed E-state index contributed by atoms with van der Waals surface area (Å²) in [5.74, 6) is 1.11. The first-order valence-corrected chi connectivity index (χ1v) is 7.16. The summed E-state index contributed by atoms with van der Waals surface area (Å²) in [7, 11) is 0. The lowest BCUT2D eigenvalue weighted by molar-refractivity contribution is -0.147. The van der Waals surface area contributed by atoms with Crippen molar-refractivity contribution in [1.82, 2.24) is 20.2 Å². The number of aromatic nitrogens is 4. The van der Waals surface area contributed by atoms with Gasteiger partial charge in [-0.05, 0) is 42.9 Å². The number of carbonyl (C=O) groups is 1. The number of carboxylic acid groups (broad SMARTS) is 1. The molecule has 0 bridgehead atoms. The van der Waals surface area contributed by atoms with Crippen molar-refractivity contribution in [3.8, 4) is 0 Å². The zero-order valence-electron chi connectivity index (χ0n) is 10.7. The molecule has 1 unspecified atom stereocenters. The third-order valence-electron chi connectivity index (χ3n) is 3.15. The van der Waals surface area contributed by atoms with Gasteiger partial charge in [0.2, 0.25) is 0 Å². The first-order chi connectivity index (χ1) is 8.50. The number of aliphatic carboxylic acids is 1. The topological polar surface area (TPSA) is 80.9 Å². The van der Waals surface area contributed by atoms with Gasteiger partial charge in [-0.25, -0.2) is 4.68 Å². The fourth-order valence-electron chi connectivity index (χ4n) is 1.94. The van der Waals surface area contributed by atoms with Crippen LogP contribution in [0.5, 0.6) is 0 Å². The monoisotopic (exact) mass is 270 g/mol. The van der Waals surface area contributed by atoms with Crippen LogP contribution in [-0.2, 0) is 11.3 Å². The second kappa shape index (κ2) is 5.26. The summed E-state index contributed by atoms with van der Waals surface area (Å²) in [5.41, 5.74) is -0.858. The van der Waals surface area contributed by atoms with E-state index in [2.05, 4.69) is 15.5 Å². The van der Waals surface area contributed by atoms with Crippen LogP contribution in [0.4, 0.5) is 0 Å². The van der Waals surface area contributed by atoms with Crippen molar-refractivity contribution in [2.24, 2.45) is 5.41 Å². The van der Waals surface area contributed by atoms with Gasteiger partial charge in [0.1, 0.15) is 0 Å². The Morgan fingerprint density at radius 2 is 2.33 bits per heavy atom. The summed E-state index contributed by atoms with van der Waals surface area (Å²) in [6, 6.07) is 0. The number of rotatable bonds is 4. The molecule has 1 aromatic heterocycles. The molecule has 0 spiro atoms. The largest absolute Gasteiger partial charge is 0.481 e. The Bertz CT molecular complexity index is 426. The van der Waals surface area contributed by atoms with Crippen molar-refractivity contribution in [3.05, 3.63) is 5.82 Å². The molecule has 0 aromatic carbocycles. The van der Waals surface area contributed by atoms with E-state index in [1.54, 1.807) is 18.5 Å². The number of hydrogen-bond donors (Lipinski definition) is 1. The Hall–Kier alpha value is -1.11. The highest BCUT2D eigenvalue weighted by Gasteiger charge is 2.31. The quantitative estimate of drug-likeness (QED) is 0.897. The summed E-state index contributed by atoms with van der Waals surface area (Å²) in [5, 5.41) is 21.2. The van der Waals surface area contributed by atoms with Crippen LogP contribution in [-0.4, -0.2) is 37.0 Å². The molecule has 1 aromatic rings. The SMILES string of the molecule is CC(C)(Cn1nnnc1C1CCCCS1)C(=O)O. The fraction of sp³-hybridized carbons (Fsp3) is 0.818. The van der Waals surface area contributed by atoms with Crippen molar-refractivity contribution in [2.75, 3.05) is 5.75 Å². The van der Waals surface area contributed by atoms with E-state index in [1.807, 2.05) is 11.8 Å². The van der Waals surface area contributed by atoms with E-state index >= 15 is 0 Å². The highest BCUT2D eigenvalue weighted by molar-refractivity contribution is 7.99. The van der Waals surface area contributed by atoms with Crippen LogP contribution < -0.4 is 0 Å². The molecule has 100 valence electrons. The molecule has 7 heteroatoms. The summed E-state index contributed by atoms with van der Waals surface area (Å²) in [6.45, 7) is 3.69. The van der Waals surface area contributed by atoms with Gasteiger partial charge >= 0.3 is 5.97 Å². The molecule has 1 N–H and O–H groups in total. The van der Waals surface area contributed by atoms with Crippen molar-refractivity contribution in [2.45, 2.75) is 44.9 Å². The van der Waals surface area contributed by atoms with Crippen LogP contribution in [0, 0.1) is 5.41 Å². The molecule has 1 atom stereocenters. The summed E-state index contributed by atoms with van der Waals surface area (Å²) in [6.07, 6.45) is 3.49. The van der Waals surface area contributed by atoms with Gasteiger partial charge in [-0.2, -0.15) is 11.8 Å². The minimum absolute atomic E-state index is 0.304. The highest BCUT2D eigenvalue weighted by atomic mass is 32.2. The molecule has 1 aliphatic rings. The van der Waals surface area contributed by atoms with Gasteiger partial charge in [-0.1, -0.05) is 6.42 Å². The third-order valence-corrected chi connectivity index (χ3v) is 4.52. The normalized spacial score (nSPS) is 20.9. The number of nitrogens with zero attached hydrogens (tertiary/aromatic N) is 4. The van der Waals surface area contributed by atoms with Crippen LogP contribution >= 0.6 is 11.8 Å². The van der Waals surface area contributed by atoms with Crippen LogP contribution in [0.15, 0.2) is 0 Å². The van der Waals surface area contributed by atoms with Gasteiger partial charge in [0, 0.05) is 0 Å². The molecular weight excluding hydrogens is 252 g/mol. The molecule has 0 aliphatic carbocycles. The van der Waals surface area contributed by atoms with E-state index in [0.29, 0.717) is 11.8 Å². The van der Waals surface area contributed by atoms with Gasteiger partial charge in [0.05, 0.1) is 17.2 Å². The molecule has 0 amide bonds. The molecule has 1 fully saturated rings. The van der Waals surface area contributed by atoms with E-state index in [1.165, 1.54) is 12.8 Å². The second-order valence-electron chi connectivity index (χ2n) is 5.24. The maximum atomic E-state index is 11.1. The molecule has 1 aliphatic heterocycles. The molecule has 2 heterocycles. The summed E-state index contributed by atoms with van der Waals surface area (Å²) < 4.78 is 1.65. The first kappa shape index (κ1) is 13.3. The highest BCUT2D eigenvalue weighted by Crippen LogP contribution is 2.37. The van der Waals surface area contributed by atoms with Crippen LogP contribution in [0.1, 0.15) is 44.2 Å². The van der Waals surface area contributed by atoms with Gasteiger partial charge in [0.15, 0.2) is 5.82 Å². The van der Waals surface area contributed by atoms with Crippen LogP contribution in [0.25, 0.3) is 0 Å². The van der Waals surface area contributed by atoms with E-state index in [0.717, 1.165) is 18.0 Å². The fourth-order valence-corrected chi connectivity index (χ4v) is 3.25. The van der Waals surface area contributed by atoms with Gasteiger partial charge in [0.25, 0.3) is 0 Å².